The maximum Gasteiger partial charge on any atom is 0.321 e. The molecular formula is C18H22N4O3. The van der Waals surface area contributed by atoms with E-state index in [1.165, 1.54) is 19.1 Å². The minimum atomic E-state index is -0.190. The molecule has 3 rings (SSSR count). The molecule has 0 unspecified atom stereocenters. The van der Waals surface area contributed by atoms with Gasteiger partial charge in [-0.15, -0.1) is 0 Å². The van der Waals surface area contributed by atoms with E-state index >= 15 is 0 Å². The second-order valence-corrected chi connectivity index (χ2v) is 6.13. The molecule has 1 fully saturated rings. The second kappa shape index (κ2) is 8.32. The molecule has 0 atom stereocenters. The van der Waals surface area contributed by atoms with Crippen LogP contribution in [0.15, 0.2) is 41.1 Å². The maximum atomic E-state index is 12.4. The van der Waals surface area contributed by atoms with Crippen LogP contribution in [0.2, 0.25) is 0 Å². The number of rotatable bonds is 4. The molecule has 0 bridgehead atoms. The highest BCUT2D eigenvalue weighted by atomic mass is 16.5. The fourth-order valence-electron chi connectivity index (χ4n) is 2.85. The lowest BCUT2D eigenvalue weighted by atomic mass is 10.2. The molecule has 0 saturated carbocycles. The first kappa shape index (κ1) is 17.0. The zero-order chi connectivity index (χ0) is 17.5. The Kier molecular flexibility index (Phi) is 5.66. The quantitative estimate of drug-likeness (QED) is 0.893. The van der Waals surface area contributed by atoms with Gasteiger partial charge in [0.1, 0.15) is 6.26 Å². The van der Waals surface area contributed by atoms with Crippen LogP contribution in [-0.2, 0) is 11.2 Å². The van der Waals surface area contributed by atoms with Gasteiger partial charge in [0.15, 0.2) is 0 Å². The van der Waals surface area contributed by atoms with Gasteiger partial charge in [0.2, 0.25) is 5.91 Å². The third-order valence-electron chi connectivity index (χ3n) is 4.12. The van der Waals surface area contributed by atoms with Crippen LogP contribution in [-0.4, -0.2) is 35.1 Å². The third kappa shape index (κ3) is 5.07. The van der Waals surface area contributed by atoms with Crippen LogP contribution in [0, 0.1) is 0 Å². The Bertz CT molecular complexity index is 707. The standard InChI is InChI=1S/C18H22N4O3/c23-17(13-16-8-11-25-21-16)19-14-6-5-7-15(12-14)20-18(24)22-9-3-1-2-4-10-22/h5-8,11-12H,1-4,9-10,13H2,(H,19,23)(H,20,24). The van der Waals surface area contributed by atoms with Crippen LogP contribution >= 0.6 is 0 Å². The number of aromatic nitrogens is 1. The van der Waals surface area contributed by atoms with Crippen LogP contribution in [0.5, 0.6) is 0 Å². The van der Waals surface area contributed by atoms with Gasteiger partial charge >= 0.3 is 6.03 Å². The van der Waals surface area contributed by atoms with Crippen molar-refractivity contribution < 1.29 is 14.1 Å². The van der Waals surface area contributed by atoms with Gasteiger partial charge < -0.3 is 20.1 Å². The summed E-state index contributed by atoms with van der Waals surface area (Å²) in [5.41, 5.74) is 1.86. The molecule has 1 aliphatic rings. The Morgan fingerprint density at radius 3 is 2.44 bits per heavy atom. The second-order valence-electron chi connectivity index (χ2n) is 6.13. The number of likely N-dealkylation sites (tertiary alicyclic amines) is 1. The number of carbonyl (C=O) groups is 2. The molecule has 2 aromatic rings. The molecule has 3 amide bonds. The smallest absolute Gasteiger partial charge is 0.321 e. The average Bonchev–Trinajstić information content (AvgIpc) is 2.94. The Morgan fingerprint density at radius 2 is 1.76 bits per heavy atom. The van der Waals surface area contributed by atoms with E-state index in [9.17, 15) is 9.59 Å². The Hall–Kier alpha value is -2.83. The SMILES string of the molecule is O=C(Cc1ccon1)Nc1cccc(NC(=O)N2CCCCCC2)c1. The van der Waals surface area contributed by atoms with E-state index in [0.29, 0.717) is 17.1 Å². The largest absolute Gasteiger partial charge is 0.364 e. The van der Waals surface area contributed by atoms with Crippen LogP contribution in [0.25, 0.3) is 0 Å². The molecular weight excluding hydrogens is 320 g/mol. The molecule has 132 valence electrons. The number of benzene rings is 1. The number of nitrogens with zero attached hydrogens (tertiary/aromatic N) is 2. The lowest BCUT2D eigenvalue weighted by molar-refractivity contribution is -0.115. The molecule has 2 N–H and O–H groups in total. The average molecular weight is 342 g/mol. The Morgan fingerprint density at radius 1 is 1.04 bits per heavy atom. The van der Waals surface area contributed by atoms with E-state index in [0.717, 1.165) is 25.9 Å². The van der Waals surface area contributed by atoms with Crippen molar-refractivity contribution in [3.63, 3.8) is 0 Å². The van der Waals surface area contributed by atoms with E-state index < -0.39 is 0 Å². The highest BCUT2D eigenvalue weighted by Gasteiger charge is 2.15. The zero-order valence-corrected chi connectivity index (χ0v) is 14.0. The lowest BCUT2D eigenvalue weighted by Gasteiger charge is -2.21. The number of nitrogens with one attached hydrogen (secondary N) is 2. The van der Waals surface area contributed by atoms with Gasteiger partial charge in [0.05, 0.1) is 12.1 Å². The molecule has 1 aliphatic heterocycles. The summed E-state index contributed by atoms with van der Waals surface area (Å²) < 4.78 is 4.71. The molecule has 7 nitrogen and oxygen atoms in total. The molecule has 2 heterocycles. The molecule has 0 radical (unpaired) electrons. The van der Waals surface area contributed by atoms with E-state index in [2.05, 4.69) is 15.8 Å². The van der Waals surface area contributed by atoms with E-state index in [1.54, 1.807) is 24.3 Å². The summed E-state index contributed by atoms with van der Waals surface area (Å²) in [5.74, 6) is -0.190. The Labute approximate surface area is 146 Å². The highest BCUT2D eigenvalue weighted by Crippen LogP contribution is 2.17. The van der Waals surface area contributed by atoms with Gasteiger partial charge in [-0.1, -0.05) is 24.1 Å². The van der Waals surface area contributed by atoms with Crippen LogP contribution in [0.3, 0.4) is 0 Å². The molecule has 1 aromatic carbocycles. The summed E-state index contributed by atoms with van der Waals surface area (Å²) in [6, 6.07) is 8.69. The number of amides is 3. The van der Waals surface area contributed by atoms with Gasteiger partial charge in [-0.2, -0.15) is 0 Å². The van der Waals surface area contributed by atoms with Gasteiger partial charge in [0.25, 0.3) is 0 Å². The summed E-state index contributed by atoms with van der Waals surface area (Å²) in [4.78, 5) is 26.2. The van der Waals surface area contributed by atoms with Crippen LogP contribution < -0.4 is 10.6 Å². The van der Waals surface area contributed by atoms with Crippen molar-refractivity contribution >= 4 is 23.3 Å². The van der Waals surface area contributed by atoms with Crippen molar-refractivity contribution in [2.75, 3.05) is 23.7 Å². The van der Waals surface area contributed by atoms with Crippen LogP contribution in [0.1, 0.15) is 31.4 Å². The maximum absolute atomic E-state index is 12.4. The molecule has 25 heavy (non-hydrogen) atoms. The van der Waals surface area contributed by atoms with E-state index in [-0.39, 0.29) is 18.4 Å². The first-order chi connectivity index (χ1) is 12.2. The fourth-order valence-corrected chi connectivity index (χ4v) is 2.85. The van der Waals surface area contributed by atoms with Gasteiger partial charge in [0, 0.05) is 30.5 Å². The van der Waals surface area contributed by atoms with Gasteiger partial charge in [-0.25, -0.2) is 4.79 Å². The first-order valence-corrected chi connectivity index (χ1v) is 8.56. The first-order valence-electron chi connectivity index (χ1n) is 8.56. The van der Waals surface area contributed by atoms with Crippen molar-refractivity contribution in [2.45, 2.75) is 32.1 Å². The third-order valence-corrected chi connectivity index (χ3v) is 4.12. The predicted octanol–water partition coefficient (Wildman–Crippen LogP) is 3.26. The molecule has 0 aliphatic carbocycles. The normalized spacial score (nSPS) is 14.6. The van der Waals surface area contributed by atoms with Gasteiger partial charge in [-0.05, 0) is 31.0 Å². The van der Waals surface area contributed by atoms with Crippen molar-refractivity contribution in [3.05, 3.63) is 42.3 Å². The minimum absolute atomic E-state index is 0.0898. The lowest BCUT2D eigenvalue weighted by Crippen LogP contribution is -2.35. The van der Waals surface area contributed by atoms with E-state index in [4.69, 9.17) is 4.52 Å². The van der Waals surface area contributed by atoms with Crippen LogP contribution in [0.4, 0.5) is 16.2 Å². The topological polar surface area (TPSA) is 87.5 Å². The summed E-state index contributed by atoms with van der Waals surface area (Å²) in [6.45, 7) is 1.58. The summed E-state index contributed by atoms with van der Waals surface area (Å²) in [5, 5.41) is 9.42. The van der Waals surface area contributed by atoms with Gasteiger partial charge in [-0.3, -0.25) is 4.79 Å². The molecule has 0 spiro atoms. The zero-order valence-electron chi connectivity index (χ0n) is 14.0. The number of anilines is 2. The van der Waals surface area contributed by atoms with E-state index in [1.807, 2.05) is 11.0 Å². The Balaban J connectivity index is 1.57. The van der Waals surface area contributed by atoms with Crippen molar-refractivity contribution in [2.24, 2.45) is 0 Å². The van der Waals surface area contributed by atoms with Crippen molar-refractivity contribution in [1.82, 2.24) is 10.1 Å². The number of hydrogen-bond donors (Lipinski definition) is 2. The van der Waals surface area contributed by atoms with Crippen molar-refractivity contribution in [3.8, 4) is 0 Å². The number of carbonyl (C=O) groups excluding carboxylic acids is 2. The highest BCUT2D eigenvalue weighted by molar-refractivity contribution is 5.94. The number of hydrogen-bond acceptors (Lipinski definition) is 4. The minimum Gasteiger partial charge on any atom is -0.364 e. The number of urea groups is 1. The molecule has 1 saturated heterocycles. The summed E-state index contributed by atoms with van der Waals surface area (Å²) in [7, 11) is 0. The fraction of sp³-hybridized carbons (Fsp3) is 0.389. The predicted molar refractivity (Wildman–Crippen MR) is 94.3 cm³/mol. The molecule has 7 heteroatoms. The summed E-state index contributed by atoms with van der Waals surface area (Å²) >= 11 is 0. The monoisotopic (exact) mass is 342 g/mol. The molecule has 1 aromatic heterocycles. The summed E-state index contributed by atoms with van der Waals surface area (Å²) in [6.07, 6.45) is 6.02. The van der Waals surface area contributed by atoms with Crippen molar-refractivity contribution in [1.29, 1.82) is 0 Å².